The first-order valence-electron chi connectivity index (χ1n) is 11.0. The van der Waals surface area contributed by atoms with Crippen LogP contribution in [-0.4, -0.2) is 0 Å². The molecule has 0 aliphatic heterocycles. The van der Waals surface area contributed by atoms with Gasteiger partial charge in [0.05, 0.1) is 0 Å². The molecule has 0 heterocycles. The largest absolute Gasteiger partial charge is 0.0654 e. The molecule has 0 atom stereocenters. The van der Waals surface area contributed by atoms with Crippen LogP contribution in [0.25, 0.3) is 0 Å². The van der Waals surface area contributed by atoms with Gasteiger partial charge in [-0.3, -0.25) is 0 Å². The van der Waals surface area contributed by atoms with Crippen LogP contribution < -0.4 is 0 Å². The lowest BCUT2D eigenvalue weighted by Gasteiger charge is -2.01. The minimum Gasteiger partial charge on any atom is -0.0654 e. The molecular formula is C28H34. The van der Waals surface area contributed by atoms with E-state index in [2.05, 4.69) is 86.1 Å². The van der Waals surface area contributed by atoms with Crippen molar-refractivity contribution in [2.75, 3.05) is 0 Å². The van der Waals surface area contributed by atoms with Crippen LogP contribution in [0.2, 0.25) is 0 Å². The lowest BCUT2D eigenvalue weighted by Crippen LogP contribution is -1.86. The molecule has 0 saturated carbocycles. The van der Waals surface area contributed by atoms with E-state index in [4.69, 9.17) is 0 Å². The van der Waals surface area contributed by atoms with Crippen molar-refractivity contribution in [3.8, 4) is 23.7 Å². The van der Waals surface area contributed by atoms with E-state index in [1.165, 1.54) is 68.9 Å². The fourth-order valence-electron chi connectivity index (χ4n) is 3.23. The van der Waals surface area contributed by atoms with Gasteiger partial charge in [-0.05, 0) is 72.9 Å². The maximum absolute atomic E-state index is 3.15. The van der Waals surface area contributed by atoms with Gasteiger partial charge in [-0.15, -0.1) is 0 Å². The van der Waals surface area contributed by atoms with E-state index in [-0.39, 0.29) is 0 Å². The number of benzene rings is 2. The summed E-state index contributed by atoms with van der Waals surface area (Å²) < 4.78 is 0. The van der Waals surface area contributed by atoms with Gasteiger partial charge in [0.1, 0.15) is 0 Å². The highest BCUT2D eigenvalue weighted by molar-refractivity contribution is 5.45. The summed E-state index contributed by atoms with van der Waals surface area (Å²) in [6.45, 7) is 4.50. The molecule has 0 unspecified atom stereocenters. The van der Waals surface area contributed by atoms with Crippen LogP contribution in [0.5, 0.6) is 0 Å². The number of aryl methyl sites for hydroxylation is 2. The molecule has 2 aromatic carbocycles. The summed E-state index contributed by atoms with van der Waals surface area (Å²) in [5.41, 5.74) is 4.88. The first-order chi connectivity index (χ1) is 13.8. The third-order valence-electron chi connectivity index (χ3n) is 5.02. The first-order valence-corrected chi connectivity index (χ1v) is 11.0. The van der Waals surface area contributed by atoms with Gasteiger partial charge in [0, 0.05) is 11.1 Å². The number of unbranched alkanes of at least 4 members (excludes halogenated alkanes) is 6. The van der Waals surface area contributed by atoms with E-state index >= 15 is 0 Å². The van der Waals surface area contributed by atoms with E-state index in [0.717, 1.165) is 17.5 Å². The molecule has 0 fully saturated rings. The summed E-state index contributed by atoms with van der Waals surface area (Å²) in [6, 6.07) is 17.2. The van der Waals surface area contributed by atoms with Crippen molar-refractivity contribution in [2.45, 2.75) is 78.1 Å². The lowest BCUT2D eigenvalue weighted by molar-refractivity contribution is 0.632. The minimum atomic E-state index is 1.03. The van der Waals surface area contributed by atoms with Crippen molar-refractivity contribution in [3.05, 3.63) is 70.8 Å². The maximum Gasteiger partial charge on any atom is 0.0255 e. The Balaban J connectivity index is 1.79. The maximum atomic E-state index is 3.15. The van der Waals surface area contributed by atoms with Crippen molar-refractivity contribution in [1.29, 1.82) is 0 Å². The first kappa shape index (κ1) is 21.9. The number of rotatable bonds is 10. The Morgan fingerprint density at radius 2 is 0.893 bits per heavy atom. The smallest absolute Gasteiger partial charge is 0.0255 e. The summed E-state index contributed by atoms with van der Waals surface area (Å²) in [7, 11) is 0. The number of hydrogen-bond acceptors (Lipinski definition) is 0. The van der Waals surface area contributed by atoms with Crippen molar-refractivity contribution in [1.82, 2.24) is 0 Å². The molecule has 0 saturated heterocycles. The summed E-state index contributed by atoms with van der Waals surface area (Å²) in [4.78, 5) is 0. The highest BCUT2D eigenvalue weighted by Crippen LogP contribution is 2.10. The van der Waals surface area contributed by atoms with Crippen molar-refractivity contribution in [3.63, 3.8) is 0 Å². The summed E-state index contributed by atoms with van der Waals surface area (Å²) in [5, 5.41) is 0. The molecule has 146 valence electrons. The molecule has 0 spiro atoms. The van der Waals surface area contributed by atoms with E-state index in [9.17, 15) is 0 Å². The second-order valence-electron chi connectivity index (χ2n) is 7.52. The quantitative estimate of drug-likeness (QED) is 0.303. The SMILES string of the molecule is CCCCCCCc1ccc(C#CC#Cc2ccc(CCCCC)cc2)cc1. The summed E-state index contributed by atoms with van der Waals surface area (Å²) in [5.74, 6) is 12.3. The second-order valence-corrected chi connectivity index (χ2v) is 7.52. The highest BCUT2D eigenvalue weighted by Gasteiger charge is 1.95. The van der Waals surface area contributed by atoms with E-state index in [1.807, 2.05) is 0 Å². The van der Waals surface area contributed by atoms with Gasteiger partial charge in [0.2, 0.25) is 0 Å². The van der Waals surface area contributed by atoms with Crippen LogP contribution >= 0.6 is 0 Å². The zero-order valence-electron chi connectivity index (χ0n) is 17.7. The fraction of sp³-hybridized carbons (Fsp3) is 0.429. The highest BCUT2D eigenvalue weighted by atomic mass is 14.0. The van der Waals surface area contributed by atoms with Gasteiger partial charge >= 0.3 is 0 Å². The molecule has 0 aromatic heterocycles. The predicted octanol–water partition coefficient (Wildman–Crippen LogP) is 7.34. The van der Waals surface area contributed by atoms with Crippen LogP contribution in [-0.2, 0) is 12.8 Å². The molecule has 28 heavy (non-hydrogen) atoms. The average Bonchev–Trinajstić information content (AvgIpc) is 2.73. The minimum absolute atomic E-state index is 1.03. The van der Waals surface area contributed by atoms with Crippen LogP contribution in [0, 0.1) is 23.7 Å². The normalized spacial score (nSPS) is 9.93. The molecule has 0 heteroatoms. The molecule has 0 amide bonds. The van der Waals surface area contributed by atoms with Gasteiger partial charge in [-0.25, -0.2) is 0 Å². The van der Waals surface area contributed by atoms with Crippen LogP contribution in [0.1, 0.15) is 87.5 Å². The van der Waals surface area contributed by atoms with Crippen LogP contribution in [0.15, 0.2) is 48.5 Å². The lowest BCUT2D eigenvalue weighted by atomic mass is 10.0. The Labute approximate surface area is 172 Å². The van der Waals surface area contributed by atoms with E-state index < -0.39 is 0 Å². The molecule has 0 N–H and O–H groups in total. The third-order valence-corrected chi connectivity index (χ3v) is 5.02. The zero-order valence-corrected chi connectivity index (χ0v) is 17.7. The summed E-state index contributed by atoms with van der Waals surface area (Å²) in [6.07, 6.45) is 12.8. The molecular weight excluding hydrogens is 336 g/mol. The fourth-order valence-corrected chi connectivity index (χ4v) is 3.23. The predicted molar refractivity (Wildman–Crippen MR) is 122 cm³/mol. The van der Waals surface area contributed by atoms with Gasteiger partial charge in [-0.1, -0.05) is 88.5 Å². The summed E-state index contributed by atoms with van der Waals surface area (Å²) >= 11 is 0. The Morgan fingerprint density at radius 3 is 1.36 bits per heavy atom. The topological polar surface area (TPSA) is 0 Å². The molecule has 0 radical (unpaired) electrons. The van der Waals surface area contributed by atoms with Crippen LogP contribution in [0.3, 0.4) is 0 Å². The monoisotopic (exact) mass is 370 g/mol. The van der Waals surface area contributed by atoms with Crippen molar-refractivity contribution in [2.24, 2.45) is 0 Å². The molecule has 0 aliphatic carbocycles. The van der Waals surface area contributed by atoms with Gasteiger partial charge in [0.25, 0.3) is 0 Å². The standard InChI is InChI=1S/C28H34/c1-3-5-7-8-10-14-26-19-23-28(24-20-26)16-12-11-15-27-21-17-25(18-22-27)13-9-6-4-2/h17-24H,3-10,13-14H2,1-2H3. The van der Waals surface area contributed by atoms with Gasteiger partial charge in [-0.2, -0.15) is 0 Å². The molecule has 0 aliphatic rings. The Bertz CT molecular complexity index is 786. The zero-order chi connectivity index (χ0) is 19.9. The molecule has 2 aromatic rings. The molecule has 2 rings (SSSR count). The Morgan fingerprint density at radius 1 is 0.500 bits per heavy atom. The Kier molecular flexibility index (Phi) is 10.7. The van der Waals surface area contributed by atoms with Gasteiger partial charge < -0.3 is 0 Å². The second kappa shape index (κ2) is 13.7. The molecule has 0 bridgehead atoms. The Hall–Kier alpha value is -2.44. The van der Waals surface area contributed by atoms with E-state index in [0.29, 0.717) is 0 Å². The average molecular weight is 371 g/mol. The van der Waals surface area contributed by atoms with E-state index in [1.54, 1.807) is 0 Å². The number of hydrogen-bond donors (Lipinski definition) is 0. The van der Waals surface area contributed by atoms with Gasteiger partial charge in [0.15, 0.2) is 0 Å². The third kappa shape index (κ3) is 8.97. The van der Waals surface area contributed by atoms with Crippen molar-refractivity contribution < 1.29 is 0 Å². The molecule has 0 nitrogen and oxygen atoms in total. The van der Waals surface area contributed by atoms with Crippen molar-refractivity contribution >= 4 is 0 Å². The van der Waals surface area contributed by atoms with Crippen LogP contribution in [0.4, 0.5) is 0 Å².